The highest BCUT2D eigenvalue weighted by Gasteiger charge is 2.20. The number of carbonyl (C=O) groups excluding carboxylic acids is 1. The van der Waals surface area contributed by atoms with Crippen molar-refractivity contribution in [1.82, 2.24) is 0 Å². The zero-order valence-corrected chi connectivity index (χ0v) is 6.56. The van der Waals surface area contributed by atoms with Crippen molar-refractivity contribution in [3.8, 4) is 0 Å². The van der Waals surface area contributed by atoms with Crippen LogP contribution in [0, 0.1) is 5.92 Å². The SMILES string of the molecule is O=C(CC1CCC1)OCCl. The highest BCUT2D eigenvalue weighted by atomic mass is 35.5. The number of hydrogen-bond acceptors (Lipinski definition) is 2. The van der Waals surface area contributed by atoms with E-state index in [9.17, 15) is 4.79 Å². The fourth-order valence-corrected chi connectivity index (χ4v) is 1.17. The summed E-state index contributed by atoms with van der Waals surface area (Å²) >= 11 is 5.20. The smallest absolute Gasteiger partial charge is 0.307 e. The average molecular weight is 163 g/mol. The maximum Gasteiger partial charge on any atom is 0.307 e. The molecule has 0 bridgehead atoms. The van der Waals surface area contributed by atoms with E-state index in [1.807, 2.05) is 0 Å². The van der Waals surface area contributed by atoms with Crippen LogP contribution in [0.1, 0.15) is 25.7 Å². The third-order valence-electron chi connectivity index (χ3n) is 1.90. The first kappa shape index (κ1) is 7.86. The molecule has 1 rings (SSSR count). The normalized spacial score (nSPS) is 18.1. The first-order valence-electron chi connectivity index (χ1n) is 3.54. The third kappa shape index (κ3) is 2.18. The van der Waals surface area contributed by atoms with Gasteiger partial charge in [0.2, 0.25) is 0 Å². The van der Waals surface area contributed by atoms with Gasteiger partial charge in [0, 0.05) is 6.42 Å². The minimum atomic E-state index is -0.153. The maximum absolute atomic E-state index is 10.7. The fraction of sp³-hybridized carbons (Fsp3) is 0.857. The van der Waals surface area contributed by atoms with Crippen molar-refractivity contribution in [2.75, 3.05) is 6.07 Å². The van der Waals surface area contributed by atoms with Gasteiger partial charge in [0.1, 0.15) is 0 Å². The summed E-state index contributed by atoms with van der Waals surface area (Å²) in [5, 5.41) is 0. The van der Waals surface area contributed by atoms with Crippen LogP contribution in [0.15, 0.2) is 0 Å². The zero-order valence-electron chi connectivity index (χ0n) is 5.81. The first-order chi connectivity index (χ1) is 4.83. The molecular weight excluding hydrogens is 152 g/mol. The zero-order chi connectivity index (χ0) is 7.40. The number of rotatable bonds is 3. The topological polar surface area (TPSA) is 26.3 Å². The quantitative estimate of drug-likeness (QED) is 0.468. The van der Waals surface area contributed by atoms with Gasteiger partial charge in [-0.2, -0.15) is 0 Å². The fourth-order valence-electron chi connectivity index (χ4n) is 1.05. The van der Waals surface area contributed by atoms with Gasteiger partial charge in [0.15, 0.2) is 6.07 Å². The number of halogens is 1. The monoisotopic (exact) mass is 162 g/mol. The van der Waals surface area contributed by atoms with E-state index in [0.29, 0.717) is 12.3 Å². The molecule has 0 unspecified atom stereocenters. The van der Waals surface area contributed by atoms with Crippen molar-refractivity contribution < 1.29 is 9.53 Å². The molecule has 1 fully saturated rings. The van der Waals surface area contributed by atoms with E-state index in [0.717, 1.165) is 0 Å². The first-order valence-corrected chi connectivity index (χ1v) is 4.08. The molecule has 0 aromatic carbocycles. The van der Waals surface area contributed by atoms with Crippen molar-refractivity contribution in [3.63, 3.8) is 0 Å². The van der Waals surface area contributed by atoms with E-state index in [1.54, 1.807) is 0 Å². The van der Waals surface area contributed by atoms with E-state index in [1.165, 1.54) is 19.3 Å². The second-order valence-corrected chi connectivity index (χ2v) is 2.84. The van der Waals surface area contributed by atoms with E-state index in [4.69, 9.17) is 11.6 Å². The molecule has 0 amide bonds. The summed E-state index contributed by atoms with van der Waals surface area (Å²) in [4.78, 5) is 10.7. The molecule has 1 aliphatic rings. The predicted molar refractivity (Wildman–Crippen MR) is 38.8 cm³/mol. The molecule has 1 aliphatic carbocycles. The van der Waals surface area contributed by atoms with Crippen molar-refractivity contribution in [3.05, 3.63) is 0 Å². The Morgan fingerprint density at radius 2 is 2.30 bits per heavy atom. The van der Waals surface area contributed by atoms with Crippen LogP contribution in [0.4, 0.5) is 0 Å². The summed E-state index contributed by atoms with van der Waals surface area (Å²) in [6, 6.07) is -0.00838. The molecule has 0 aromatic heterocycles. The molecular formula is C7H11ClO2. The molecule has 3 heteroatoms. The summed E-state index contributed by atoms with van der Waals surface area (Å²) < 4.78 is 4.57. The maximum atomic E-state index is 10.7. The molecule has 0 heterocycles. The number of alkyl halides is 1. The molecule has 0 aromatic rings. The number of esters is 1. The third-order valence-corrected chi connectivity index (χ3v) is 2.00. The van der Waals surface area contributed by atoms with Crippen LogP contribution in [0.5, 0.6) is 0 Å². The Morgan fingerprint density at radius 1 is 1.60 bits per heavy atom. The second kappa shape index (κ2) is 3.81. The van der Waals surface area contributed by atoms with Gasteiger partial charge in [-0.15, -0.1) is 0 Å². The Bertz CT molecular complexity index is 121. The van der Waals surface area contributed by atoms with Crippen LogP contribution in [-0.2, 0) is 9.53 Å². The Kier molecular flexibility index (Phi) is 3.00. The molecule has 10 heavy (non-hydrogen) atoms. The lowest BCUT2D eigenvalue weighted by atomic mass is 9.83. The van der Waals surface area contributed by atoms with Crippen LogP contribution in [0.2, 0.25) is 0 Å². The molecule has 0 spiro atoms. The molecule has 1 saturated carbocycles. The lowest BCUT2D eigenvalue weighted by molar-refractivity contribution is -0.143. The van der Waals surface area contributed by atoms with Crippen LogP contribution in [0.3, 0.4) is 0 Å². The Hall–Kier alpha value is -0.240. The van der Waals surface area contributed by atoms with Gasteiger partial charge in [-0.05, 0) is 18.8 Å². The number of ether oxygens (including phenoxy) is 1. The predicted octanol–water partition coefficient (Wildman–Crippen LogP) is 1.92. The second-order valence-electron chi connectivity index (χ2n) is 2.63. The lowest BCUT2D eigenvalue weighted by Crippen LogP contribution is -2.17. The number of hydrogen-bond donors (Lipinski definition) is 0. The lowest BCUT2D eigenvalue weighted by Gasteiger charge is -2.23. The summed E-state index contributed by atoms with van der Waals surface area (Å²) in [6.45, 7) is 0. The van der Waals surface area contributed by atoms with Crippen LogP contribution < -0.4 is 0 Å². The van der Waals surface area contributed by atoms with Gasteiger partial charge in [-0.1, -0.05) is 18.0 Å². The van der Waals surface area contributed by atoms with Crippen LogP contribution in [0.25, 0.3) is 0 Å². The molecule has 58 valence electrons. The molecule has 0 N–H and O–H groups in total. The minimum Gasteiger partial charge on any atom is -0.449 e. The van der Waals surface area contributed by atoms with Crippen molar-refractivity contribution in [2.24, 2.45) is 5.92 Å². The minimum absolute atomic E-state index is 0.00838. The molecule has 0 saturated heterocycles. The van der Waals surface area contributed by atoms with Crippen molar-refractivity contribution in [2.45, 2.75) is 25.7 Å². The largest absolute Gasteiger partial charge is 0.449 e. The average Bonchev–Trinajstić information content (AvgIpc) is 1.80. The van der Waals surface area contributed by atoms with Crippen LogP contribution in [-0.4, -0.2) is 12.0 Å². The van der Waals surface area contributed by atoms with Gasteiger partial charge in [0.25, 0.3) is 0 Å². The Labute approximate surface area is 65.5 Å². The van der Waals surface area contributed by atoms with Crippen molar-refractivity contribution >= 4 is 17.6 Å². The van der Waals surface area contributed by atoms with Gasteiger partial charge >= 0.3 is 5.97 Å². The van der Waals surface area contributed by atoms with Gasteiger partial charge in [0.05, 0.1) is 0 Å². The Morgan fingerprint density at radius 3 is 2.70 bits per heavy atom. The standard InChI is InChI=1S/C7H11ClO2/c8-5-10-7(9)4-6-2-1-3-6/h6H,1-5H2. The van der Waals surface area contributed by atoms with Gasteiger partial charge in [-0.3, -0.25) is 4.79 Å². The molecule has 0 atom stereocenters. The van der Waals surface area contributed by atoms with E-state index in [-0.39, 0.29) is 12.0 Å². The summed E-state index contributed by atoms with van der Waals surface area (Å²) in [7, 11) is 0. The molecule has 2 nitrogen and oxygen atoms in total. The van der Waals surface area contributed by atoms with E-state index < -0.39 is 0 Å². The van der Waals surface area contributed by atoms with E-state index >= 15 is 0 Å². The Balaban J connectivity index is 2.05. The number of carbonyl (C=O) groups is 1. The highest BCUT2D eigenvalue weighted by molar-refractivity contribution is 6.17. The van der Waals surface area contributed by atoms with Gasteiger partial charge < -0.3 is 4.74 Å². The summed E-state index contributed by atoms with van der Waals surface area (Å²) in [5.41, 5.74) is 0. The highest BCUT2D eigenvalue weighted by Crippen LogP contribution is 2.29. The van der Waals surface area contributed by atoms with Crippen LogP contribution >= 0.6 is 11.6 Å². The molecule has 0 aliphatic heterocycles. The van der Waals surface area contributed by atoms with E-state index in [2.05, 4.69) is 4.74 Å². The van der Waals surface area contributed by atoms with Crippen molar-refractivity contribution in [1.29, 1.82) is 0 Å². The summed E-state index contributed by atoms with van der Waals surface area (Å²) in [5.74, 6) is 0.426. The molecule has 0 radical (unpaired) electrons. The van der Waals surface area contributed by atoms with Gasteiger partial charge in [-0.25, -0.2) is 0 Å². The summed E-state index contributed by atoms with van der Waals surface area (Å²) in [6.07, 6.45) is 4.18.